The van der Waals surface area contributed by atoms with E-state index in [1.165, 1.54) is 53.2 Å². The van der Waals surface area contributed by atoms with E-state index in [-0.39, 0.29) is 57.4 Å². The molecular formula is C39H52N2O12. The number of Topliss-reactive ketones (excluding diaryl/α,β-unsaturated/α-hetero) is 1. The first-order chi connectivity index (χ1) is 24.8. The average molecular weight is 741 g/mol. The van der Waals surface area contributed by atoms with Crippen LogP contribution in [0.25, 0.3) is 10.8 Å². The van der Waals surface area contributed by atoms with Gasteiger partial charge in [0, 0.05) is 66.7 Å². The van der Waals surface area contributed by atoms with Crippen LogP contribution in [0.1, 0.15) is 70.0 Å². The van der Waals surface area contributed by atoms with Crippen molar-refractivity contribution in [2.24, 2.45) is 29.4 Å². The lowest BCUT2D eigenvalue weighted by atomic mass is 9.78. The molecule has 3 aliphatic heterocycles. The zero-order chi connectivity index (χ0) is 39.7. The number of carbonyl (C=O) groups excluding carboxylic acids is 3. The van der Waals surface area contributed by atoms with E-state index in [2.05, 4.69) is 5.32 Å². The molecule has 14 heteroatoms. The van der Waals surface area contributed by atoms with Crippen LogP contribution in [0.5, 0.6) is 23.0 Å². The maximum absolute atomic E-state index is 14.2. The summed E-state index contributed by atoms with van der Waals surface area (Å²) in [4.78, 5) is 39.9. The van der Waals surface area contributed by atoms with E-state index in [4.69, 9.17) is 24.7 Å². The Kier molecular flexibility index (Phi) is 12.5. The molecule has 8 N–H and O–H groups in total. The van der Waals surface area contributed by atoms with Gasteiger partial charge in [0.15, 0.2) is 5.75 Å². The van der Waals surface area contributed by atoms with Gasteiger partial charge in [-0.3, -0.25) is 14.4 Å². The number of aliphatic hydroxyl groups is 2. The second-order valence-corrected chi connectivity index (χ2v) is 14.2. The lowest BCUT2D eigenvalue weighted by Crippen LogP contribution is -2.46. The van der Waals surface area contributed by atoms with Crippen LogP contribution >= 0.6 is 0 Å². The van der Waals surface area contributed by atoms with Crippen molar-refractivity contribution in [2.75, 3.05) is 19.0 Å². The van der Waals surface area contributed by atoms with E-state index in [9.17, 15) is 39.9 Å². The Bertz CT molecular complexity index is 1850. The highest BCUT2D eigenvalue weighted by Gasteiger charge is 2.50. The number of nitrogens with one attached hydrogen (secondary N) is 1. The summed E-state index contributed by atoms with van der Waals surface area (Å²) in [6, 6.07) is 0. The molecule has 0 saturated carbocycles. The predicted molar refractivity (Wildman–Crippen MR) is 197 cm³/mol. The first-order valence-electron chi connectivity index (χ1n) is 17.6. The van der Waals surface area contributed by atoms with Crippen molar-refractivity contribution in [2.45, 2.75) is 92.0 Å². The minimum Gasteiger partial charge on any atom is -0.507 e. The molecule has 0 saturated heterocycles. The molecule has 5 rings (SSSR count). The molecule has 2 aromatic carbocycles. The molecule has 53 heavy (non-hydrogen) atoms. The number of aromatic hydroxyl groups is 3. The molecule has 14 nitrogen and oxygen atoms in total. The number of rotatable bonds is 4. The number of anilines is 1. The molecule has 9 atom stereocenters. The molecule has 1 amide bonds. The molecule has 3 heterocycles. The average Bonchev–Trinajstić information content (AvgIpc) is 3.38. The Balaban J connectivity index is 1.94. The molecule has 3 aliphatic rings. The Labute approximate surface area is 308 Å². The normalized spacial score (nSPS) is 32.0. The van der Waals surface area contributed by atoms with Crippen molar-refractivity contribution in [1.29, 1.82) is 0 Å². The number of allylic oxidation sites excluding steroid dienone is 2. The summed E-state index contributed by atoms with van der Waals surface area (Å²) < 4.78 is 23.4. The molecule has 0 radical (unpaired) electrons. The largest absolute Gasteiger partial charge is 0.507 e. The number of fused-ring (bicyclic) bond motifs is 14. The van der Waals surface area contributed by atoms with Crippen molar-refractivity contribution in [3.05, 3.63) is 52.8 Å². The quantitative estimate of drug-likeness (QED) is 0.132. The van der Waals surface area contributed by atoms with Crippen LogP contribution in [0.15, 0.2) is 36.1 Å². The number of nitrogens with two attached hydrogens (primary N) is 1. The number of carbonyl (C=O) groups is 3. The Morgan fingerprint density at radius 2 is 1.62 bits per heavy atom. The third-order valence-corrected chi connectivity index (χ3v) is 10.5. The fourth-order valence-corrected chi connectivity index (χ4v) is 7.17. The third-order valence-electron chi connectivity index (χ3n) is 10.5. The van der Waals surface area contributed by atoms with Gasteiger partial charge in [-0.2, -0.15) is 0 Å². The number of ketones is 1. The Hall–Kier alpha value is -4.63. The van der Waals surface area contributed by atoms with E-state index in [1.807, 2.05) is 0 Å². The molecule has 0 fully saturated rings. The van der Waals surface area contributed by atoms with Gasteiger partial charge in [-0.25, -0.2) is 0 Å². The summed E-state index contributed by atoms with van der Waals surface area (Å²) in [5.74, 6) is -8.13. The number of benzene rings is 2. The van der Waals surface area contributed by atoms with Gasteiger partial charge in [0.1, 0.15) is 23.4 Å². The first kappa shape index (κ1) is 41.1. The van der Waals surface area contributed by atoms with Crippen LogP contribution < -0.4 is 15.8 Å². The maximum atomic E-state index is 14.2. The van der Waals surface area contributed by atoms with Gasteiger partial charge in [0.05, 0.1) is 41.2 Å². The number of hydrogen-bond acceptors (Lipinski definition) is 13. The van der Waals surface area contributed by atoms with Crippen LogP contribution in [0.4, 0.5) is 5.69 Å². The molecule has 0 aromatic heterocycles. The lowest BCUT2D eigenvalue weighted by molar-refractivity contribution is -0.160. The summed E-state index contributed by atoms with van der Waals surface area (Å²) in [5.41, 5.74) is 5.77. The predicted octanol–water partition coefficient (Wildman–Crippen LogP) is 4.26. The monoisotopic (exact) mass is 740 g/mol. The molecular weight excluding hydrogens is 688 g/mol. The van der Waals surface area contributed by atoms with E-state index >= 15 is 0 Å². The van der Waals surface area contributed by atoms with E-state index in [0.717, 1.165) is 0 Å². The van der Waals surface area contributed by atoms with Crippen molar-refractivity contribution in [3.8, 4) is 23.0 Å². The van der Waals surface area contributed by atoms with Gasteiger partial charge in [-0.1, -0.05) is 45.9 Å². The molecule has 290 valence electrons. The van der Waals surface area contributed by atoms with Gasteiger partial charge in [0.25, 0.3) is 11.7 Å². The highest BCUT2D eigenvalue weighted by molar-refractivity contribution is 6.22. The number of esters is 1. The molecule has 0 spiro atoms. The second-order valence-electron chi connectivity index (χ2n) is 14.2. The third kappa shape index (κ3) is 7.72. The highest BCUT2D eigenvalue weighted by Crippen LogP contribution is 2.55. The zero-order valence-corrected chi connectivity index (χ0v) is 31.6. The lowest BCUT2D eigenvalue weighted by Gasteiger charge is -2.38. The number of ether oxygens (including phenoxy) is 4. The fraction of sp³-hybridized carbons (Fsp3) is 0.513. The van der Waals surface area contributed by atoms with Gasteiger partial charge < -0.3 is 55.5 Å². The molecule has 0 unspecified atom stereocenters. The minimum atomic E-state index is -2.01. The maximum Gasteiger partial charge on any atom is 0.312 e. The van der Waals surface area contributed by atoms with E-state index < -0.39 is 88.8 Å². The summed E-state index contributed by atoms with van der Waals surface area (Å²) in [5, 5.41) is 59.5. The summed E-state index contributed by atoms with van der Waals surface area (Å²) >= 11 is 0. The summed E-state index contributed by atoms with van der Waals surface area (Å²) in [6.45, 7) is 12.5. The van der Waals surface area contributed by atoms with Gasteiger partial charge in [-0.15, -0.1) is 0 Å². The Morgan fingerprint density at radius 1 is 0.962 bits per heavy atom. The van der Waals surface area contributed by atoms with Crippen LogP contribution in [0.2, 0.25) is 0 Å². The van der Waals surface area contributed by atoms with Crippen molar-refractivity contribution >= 4 is 34.1 Å². The van der Waals surface area contributed by atoms with Gasteiger partial charge >= 0.3 is 11.8 Å². The van der Waals surface area contributed by atoms with Crippen LogP contribution in [0.3, 0.4) is 0 Å². The van der Waals surface area contributed by atoms with Crippen LogP contribution in [-0.2, 0) is 30.2 Å². The first-order valence-corrected chi connectivity index (χ1v) is 17.6. The second kappa shape index (κ2) is 16.2. The number of amides is 1. The van der Waals surface area contributed by atoms with E-state index in [1.54, 1.807) is 39.8 Å². The summed E-state index contributed by atoms with van der Waals surface area (Å²) in [7, 11) is 1.43. The van der Waals surface area contributed by atoms with Gasteiger partial charge in [-0.05, 0) is 32.9 Å². The number of phenolic OH excluding ortho intramolecular Hbond substituents is 3. The molecule has 2 aromatic rings. The SMILES string of the molecule is CO[C@H]1/C=C/O[C@@]2(C)Oc3c(C)c(O)c4c(O)c(c(CCN)c(O)c4c3C2=O)NC(=O)/C(C)=C\C=C\[C@H](C)[C@H](O)[C@@H](C)[C@@H](O)[C@@H](C)[C@H](OC(C)=O)[C@@H]1C. The van der Waals surface area contributed by atoms with Crippen LogP contribution in [-0.4, -0.2) is 87.0 Å². The number of methoxy groups -OCH3 is 1. The smallest absolute Gasteiger partial charge is 0.312 e. The van der Waals surface area contributed by atoms with Crippen LogP contribution in [0, 0.1) is 30.6 Å². The topological polar surface area (TPSA) is 227 Å². The van der Waals surface area contributed by atoms with Crippen molar-refractivity contribution < 1.29 is 58.9 Å². The highest BCUT2D eigenvalue weighted by atomic mass is 16.7. The standard InChI is InChI=1S/C39H52N2O12/c1-17-11-10-12-18(2)38(49)41-29-24(13-15-40)33(46)26-27(34(29)47)32(45)22(6)36-28(26)37(48)39(8,53-36)51-16-14-25(50-9)19(3)35(52-23(7)42)21(5)31(44)20(4)30(17)43/h10-12,14,16-17,19-21,25,30-31,35,43-47H,13,15,40H2,1-9H3,(H,41,49)/b11-10+,16-14+,18-12-/t17-,19+,20+,21+,25-,30-,31+,35+,39-/m0/s1. The fourth-order valence-electron chi connectivity index (χ4n) is 7.17. The van der Waals surface area contributed by atoms with Crippen molar-refractivity contribution in [3.63, 3.8) is 0 Å². The molecule has 5 bridgehead atoms. The summed E-state index contributed by atoms with van der Waals surface area (Å²) in [6.07, 6.45) is 3.53. The van der Waals surface area contributed by atoms with Gasteiger partial charge in [0.2, 0.25) is 0 Å². The van der Waals surface area contributed by atoms with Crippen molar-refractivity contribution in [1.82, 2.24) is 0 Å². The zero-order valence-electron chi connectivity index (χ0n) is 31.6. The number of phenols is 3. The number of hydrogen-bond donors (Lipinski definition) is 7. The number of aliphatic hydroxyl groups excluding tert-OH is 2. The Morgan fingerprint density at radius 3 is 2.23 bits per heavy atom. The molecule has 0 aliphatic carbocycles. The minimum absolute atomic E-state index is 0.0153. The van der Waals surface area contributed by atoms with E-state index in [0.29, 0.717) is 0 Å².